The van der Waals surface area contributed by atoms with Gasteiger partial charge in [-0.2, -0.15) is 0 Å². The molecule has 0 atom stereocenters. The van der Waals surface area contributed by atoms with Crippen LogP contribution < -0.4 is 15.0 Å². The van der Waals surface area contributed by atoms with Crippen LogP contribution in [-0.4, -0.2) is 29.0 Å². The molecule has 0 aliphatic carbocycles. The highest BCUT2D eigenvalue weighted by Gasteiger charge is 2.34. The van der Waals surface area contributed by atoms with Crippen LogP contribution in [0.25, 0.3) is 6.08 Å². The molecule has 0 unspecified atom stereocenters. The Labute approximate surface area is 171 Å². The Hall–Kier alpha value is -3.85. The molecule has 0 aromatic heterocycles. The maximum atomic E-state index is 12.9. The van der Waals surface area contributed by atoms with Crippen LogP contribution >= 0.6 is 12.2 Å². The predicted molar refractivity (Wildman–Crippen MR) is 111 cm³/mol. The van der Waals surface area contributed by atoms with E-state index in [4.69, 9.17) is 17.0 Å². The fraction of sp³-hybridized carbons (Fsp3) is 0.0500. The van der Waals surface area contributed by atoms with Gasteiger partial charge in [0, 0.05) is 6.07 Å². The summed E-state index contributed by atoms with van der Waals surface area (Å²) in [6, 6.07) is 12.8. The van der Waals surface area contributed by atoms with Gasteiger partial charge < -0.3 is 4.74 Å². The average molecular weight is 409 g/mol. The number of rotatable bonds is 5. The second kappa shape index (κ2) is 8.44. The molecule has 2 aromatic rings. The van der Waals surface area contributed by atoms with Crippen molar-refractivity contribution in [1.82, 2.24) is 5.32 Å². The molecule has 8 nitrogen and oxygen atoms in total. The number of anilines is 1. The highest BCUT2D eigenvalue weighted by Crippen LogP contribution is 2.24. The molecule has 1 saturated heterocycles. The van der Waals surface area contributed by atoms with Gasteiger partial charge in [-0.3, -0.25) is 29.9 Å². The van der Waals surface area contributed by atoms with E-state index in [1.165, 1.54) is 36.3 Å². The predicted octanol–water partition coefficient (Wildman–Crippen LogP) is 2.99. The number of nitrogens with zero attached hydrogens (tertiary/aromatic N) is 2. The van der Waals surface area contributed by atoms with E-state index in [1.807, 2.05) is 0 Å². The number of hydrogen-bond donors (Lipinski definition) is 1. The molecule has 0 spiro atoms. The summed E-state index contributed by atoms with van der Waals surface area (Å²) in [4.78, 5) is 36.9. The molecule has 0 bridgehead atoms. The number of carbonyl (C=O) groups is 2. The topological polar surface area (TPSA) is 102 Å². The van der Waals surface area contributed by atoms with Gasteiger partial charge in [-0.05, 0) is 54.7 Å². The van der Waals surface area contributed by atoms with Crippen LogP contribution in [-0.2, 0) is 9.59 Å². The number of allylic oxidation sites excluding steroid dienone is 2. The maximum Gasteiger partial charge on any atom is 0.276 e. The summed E-state index contributed by atoms with van der Waals surface area (Å²) in [5, 5.41) is 13.5. The first-order valence-electron chi connectivity index (χ1n) is 8.38. The quantitative estimate of drug-likeness (QED) is 0.268. The van der Waals surface area contributed by atoms with Gasteiger partial charge >= 0.3 is 0 Å². The molecule has 2 amide bonds. The second-order valence-corrected chi connectivity index (χ2v) is 6.24. The first kappa shape index (κ1) is 19.9. The minimum Gasteiger partial charge on any atom is -0.497 e. The van der Waals surface area contributed by atoms with E-state index in [9.17, 15) is 19.7 Å². The SMILES string of the molecule is COc1ccc(N2C(=O)/C(=C\C=C\c3ccccc3[N+](=O)[O-])C(=O)NC2=S)cc1. The van der Waals surface area contributed by atoms with Gasteiger partial charge in [0.2, 0.25) is 0 Å². The summed E-state index contributed by atoms with van der Waals surface area (Å²) in [6.45, 7) is 0. The number of thiocarbonyl (C=S) groups is 1. The molecule has 9 heteroatoms. The normalized spacial score (nSPS) is 15.7. The van der Waals surface area contributed by atoms with Gasteiger partial charge in [0.25, 0.3) is 17.5 Å². The first-order valence-corrected chi connectivity index (χ1v) is 8.79. The third-order valence-electron chi connectivity index (χ3n) is 4.10. The maximum absolute atomic E-state index is 12.9. The van der Waals surface area contributed by atoms with Crippen molar-refractivity contribution in [3.63, 3.8) is 0 Å². The fourth-order valence-corrected chi connectivity index (χ4v) is 2.97. The van der Waals surface area contributed by atoms with Crippen molar-refractivity contribution < 1.29 is 19.2 Å². The van der Waals surface area contributed by atoms with Gasteiger partial charge in [-0.25, -0.2) is 0 Å². The Balaban J connectivity index is 1.90. The summed E-state index contributed by atoms with van der Waals surface area (Å²) < 4.78 is 5.10. The zero-order chi connectivity index (χ0) is 21.0. The third-order valence-corrected chi connectivity index (χ3v) is 4.39. The number of nitro groups is 1. The van der Waals surface area contributed by atoms with Crippen molar-refractivity contribution in [2.45, 2.75) is 0 Å². The lowest BCUT2D eigenvalue weighted by Crippen LogP contribution is -2.54. The number of hydrogen-bond acceptors (Lipinski definition) is 6. The van der Waals surface area contributed by atoms with E-state index in [0.29, 0.717) is 17.0 Å². The molecule has 146 valence electrons. The number of nitrogens with one attached hydrogen (secondary N) is 1. The highest BCUT2D eigenvalue weighted by atomic mass is 32.1. The molecule has 1 N–H and O–H groups in total. The minimum absolute atomic E-state index is 0.0370. The van der Waals surface area contributed by atoms with E-state index >= 15 is 0 Å². The van der Waals surface area contributed by atoms with Crippen LogP contribution in [0.4, 0.5) is 11.4 Å². The smallest absolute Gasteiger partial charge is 0.276 e. The number of benzene rings is 2. The van der Waals surface area contributed by atoms with Crippen LogP contribution in [0.2, 0.25) is 0 Å². The van der Waals surface area contributed by atoms with Crippen LogP contribution in [0.15, 0.2) is 66.3 Å². The lowest BCUT2D eigenvalue weighted by Gasteiger charge is -2.28. The van der Waals surface area contributed by atoms with E-state index in [2.05, 4.69) is 5.32 Å². The van der Waals surface area contributed by atoms with Crippen molar-refractivity contribution in [2.24, 2.45) is 0 Å². The molecule has 2 aromatic carbocycles. The van der Waals surface area contributed by atoms with Gasteiger partial charge in [0.1, 0.15) is 11.3 Å². The van der Waals surface area contributed by atoms with Crippen LogP contribution in [0.5, 0.6) is 5.75 Å². The molecule has 29 heavy (non-hydrogen) atoms. The summed E-state index contributed by atoms with van der Waals surface area (Å²) in [7, 11) is 1.52. The van der Waals surface area contributed by atoms with Crippen LogP contribution in [0, 0.1) is 10.1 Å². The molecular weight excluding hydrogens is 394 g/mol. The zero-order valence-electron chi connectivity index (χ0n) is 15.2. The third kappa shape index (κ3) is 4.19. The molecule has 3 rings (SSSR count). The number of para-hydroxylation sites is 1. The van der Waals surface area contributed by atoms with Gasteiger partial charge in [0.05, 0.1) is 23.3 Å². The second-order valence-electron chi connectivity index (χ2n) is 5.85. The minimum atomic E-state index is -0.642. The number of ether oxygens (including phenoxy) is 1. The summed E-state index contributed by atoms with van der Waals surface area (Å²) >= 11 is 5.13. The van der Waals surface area contributed by atoms with E-state index in [1.54, 1.807) is 42.5 Å². The molecule has 1 heterocycles. The largest absolute Gasteiger partial charge is 0.497 e. The Morgan fingerprint density at radius 1 is 1.14 bits per heavy atom. The van der Waals surface area contributed by atoms with Gasteiger partial charge in [-0.15, -0.1) is 0 Å². The molecule has 1 aliphatic rings. The first-order chi connectivity index (χ1) is 13.9. The number of methoxy groups -OCH3 is 1. The monoisotopic (exact) mass is 409 g/mol. The Kier molecular flexibility index (Phi) is 5.79. The molecule has 1 aliphatic heterocycles. The Bertz CT molecular complexity index is 1060. The molecular formula is C20H15N3O5S. The number of nitro benzene ring substituents is 1. The lowest BCUT2D eigenvalue weighted by molar-refractivity contribution is -0.385. The van der Waals surface area contributed by atoms with Crippen LogP contribution in [0.3, 0.4) is 0 Å². The van der Waals surface area contributed by atoms with E-state index in [-0.39, 0.29) is 16.4 Å². The van der Waals surface area contributed by atoms with Crippen molar-refractivity contribution in [1.29, 1.82) is 0 Å². The Morgan fingerprint density at radius 2 is 1.83 bits per heavy atom. The standard InChI is InChI=1S/C20H15N3O5S/c1-28-15-11-9-14(10-12-15)22-19(25)16(18(24)21-20(22)29)7-4-6-13-5-2-3-8-17(13)23(26)27/h2-12H,1H3,(H,21,24,29)/b6-4+,16-7-. The van der Waals surface area contributed by atoms with E-state index in [0.717, 1.165) is 0 Å². The summed E-state index contributed by atoms with van der Waals surface area (Å²) in [6.07, 6.45) is 4.17. The molecule has 0 radical (unpaired) electrons. The van der Waals surface area contributed by atoms with Crippen LogP contribution in [0.1, 0.15) is 5.56 Å². The van der Waals surface area contributed by atoms with Gasteiger partial charge in [-0.1, -0.05) is 18.2 Å². The molecule has 1 fully saturated rings. The highest BCUT2D eigenvalue weighted by molar-refractivity contribution is 7.80. The summed E-state index contributed by atoms with van der Waals surface area (Å²) in [5.41, 5.74) is 0.585. The van der Waals surface area contributed by atoms with Crippen molar-refractivity contribution in [3.8, 4) is 5.75 Å². The van der Waals surface area contributed by atoms with Crippen molar-refractivity contribution >= 4 is 46.6 Å². The number of carbonyl (C=O) groups excluding carboxylic acids is 2. The Morgan fingerprint density at radius 3 is 2.48 bits per heavy atom. The summed E-state index contributed by atoms with van der Waals surface area (Å²) in [5.74, 6) is -0.635. The average Bonchev–Trinajstić information content (AvgIpc) is 2.71. The molecule has 0 saturated carbocycles. The van der Waals surface area contributed by atoms with Crippen molar-refractivity contribution in [2.75, 3.05) is 12.0 Å². The number of amides is 2. The van der Waals surface area contributed by atoms with E-state index < -0.39 is 16.7 Å². The lowest BCUT2D eigenvalue weighted by atomic mass is 10.1. The van der Waals surface area contributed by atoms with Gasteiger partial charge in [0.15, 0.2) is 5.11 Å². The van der Waals surface area contributed by atoms with Crippen molar-refractivity contribution in [3.05, 3.63) is 81.9 Å². The fourth-order valence-electron chi connectivity index (χ4n) is 2.69. The zero-order valence-corrected chi connectivity index (χ0v) is 16.0.